The molecule has 1 aliphatic rings. The standard InChI is InChI=1S/C16H24N6O2/c1-11(23)24-13-6-5-7-21(13)10-22-9-18-12-8-17-15(19-14(12)22)20-16(2,3)4/h8-9,13H,5-7,10H2,1-4H3,(H,17,19,20). The lowest BCUT2D eigenvalue weighted by molar-refractivity contribution is -0.155. The van der Waals surface area contributed by atoms with Crippen molar-refractivity contribution >= 4 is 23.1 Å². The number of hydrogen-bond donors (Lipinski definition) is 1. The first-order valence-corrected chi connectivity index (χ1v) is 8.19. The van der Waals surface area contributed by atoms with E-state index in [-0.39, 0.29) is 17.7 Å². The fraction of sp³-hybridized carbons (Fsp3) is 0.625. The molecule has 0 aliphatic carbocycles. The largest absolute Gasteiger partial charge is 0.446 e. The summed E-state index contributed by atoms with van der Waals surface area (Å²) in [5, 5.41) is 3.27. The lowest BCUT2D eigenvalue weighted by Crippen LogP contribution is -2.34. The van der Waals surface area contributed by atoms with Crippen LogP contribution in [0.1, 0.15) is 40.5 Å². The number of esters is 1. The first kappa shape index (κ1) is 16.6. The minimum absolute atomic E-state index is 0.117. The van der Waals surface area contributed by atoms with Gasteiger partial charge in [-0.2, -0.15) is 4.98 Å². The van der Waals surface area contributed by atoms with Crippen molar-refractivity contribution in [3.8, 4) is 0 Å². The fourth-order valence-corrected chi connectivity index (χ4v) is 2.83. The monoisotopic (exact) mass is 332 g/mol. The molecule has 2 aromatic heterocycles. The summed E-state index contributed by atoms with van der Waals surface area (Å²) in [6.45, 7) is 9.10. The van der Waals surface area contributed by atoms with E-state index in [1.807, 2.05) is 4.57 Å². The van der Waals surface area contributed by atoms with E-state index in [0.29, 0.717) is 12.6 Å². The third-order valence-corrected chi connectivity index (χ3v) is 3.78. The highest BCUT2D eigenvalue weighted by Gasteiger charge is 2.27. The number of carbonyl (C=O) groups is 1. The van der Waals surface area contributed by atoms with Gasteiger partial charge in [0.25, 0.3) is 0 Å². The zero-order valence-electron chi connectivity index (χ0n) is 14.6. The Morgan fingerprint density at radius 3 is 2.92 bits per heavy atom. The maximum Gasteiger partial charge on any atom is 0.304 e. The van der Waals surface area contributed by atoms with Gasteiger partial charge in [0.2, 0.25) is 5.95 Å². The second-order valence-electron chi connectivity index (χ2n) is 7.15. The summed E-state index contributed by atoms with van der Waals surface area (Å²) < 4.78 is 7.35. The quantitative estimate of drug-likeness (QED) is 0.857. The Hall–Kier alpha value is -2.22. The van der Waals surface area contributed by atoms with Gasteiger partial charge in [-0.05, 0) is 33.6 Å². The van der Waals surface area contributed by atoms with Gasteiger partial charge in [0.1, 0.15) is 5.52 Å². The molecular formula is C16H24N6O2. The molecule has 8 heteroatoms. The number of imidazole rings is 1. The van der Waals surface area contributed by atoms with Gasteiger partial charge in [0, 0.05) is 19.0 Å². The van der Waals surface area contributed by atoms with E-state index >= 15 is 0 Å². The average molecular weight is 332 g/mol. The molecule has 1 aliphatic heterocycles. The molecule has 1 fully saturated rings. The van der Waals surface area contributed by atoms with Gasteiger partial charge in [0.15, 0.2) is 11.9 Å². The van der Waals surface area contributed by atoms with Crippen LogP contribution in [0, 0.1) is 0 Å². The lowest BCUT2D eigenvalue weighted by Gasteiger charge is -2.24. The van der Waals surface area contributed by atoms with Crippen LogP contribution >= 0.6 is 0 Å². The molecule has 8 nitrogen and oxygen atoms in total. The van der Waals surface area contributed by atoms with Crippen LogP contribution in [0.3, 0.4) is 0 Å². The number of ether oxygens (including phenoxy) is 1. The van der Waals surface area contributed by atoms with Gasteiger partial charge in [-0.1, -0.05) is 0 Å². The first-order valence-electron chi connectivity index (χ1n) is 8.19. The van der Waals surface area contributed by atoms with Crippen molar-refractivity contribution in [3.63, 3.8) is 0 Å². The molecule has 0 radical (unpaired) electrons. The lowest BCUT2D eigenvalue weighted by atomic mass is 10.1. The predicted octanol–water partition coefficient (Wildman–Crippen LogP) is 1.98. The van der Waals surface area contributed by atoms with Crippen LogP contribution in [0.25, 0.3) is 11.2 Å². The van der Waals surface area contributed by atoms with Crippen LogP contribution < -0.4 is 5.32 Å². The Morgan fingerprint density at radius 2 is 2.21 bits per heavy atom. The molecule has 24 heavy (non-hydrogen) atoms. The van der Waals surface area contributed by atoms with Crippen LogP contribution in [0.2, 0.25) is 0 Å². The summed E-state index contributed by atoms with van der Waals surface area (Å²) in [5.74, 6) is 0.330. The van der Waals surface area contributed by atoms with Crippen LogP contribution in [-0.4, -0.2) is 48.7 Å². The van der Waals surface area contributed by atoms with Crippen molar-refractivity contribution in [1.29, 1.82) is 0 Å². The molecule has 1 saturated heterocycles. The number of nitrogens with zero attached hydrogens (tertiary/aromatic N) is 5. The second-order valence-corrected chi connectivity index (χ2v) is 7.15. The molecule has 3 heterocycles. The predicted molar refractivity (Wildman–Crippen MR) is 90.2 cm³/mol. The summed E-state index contributed by atoms with van der Waals surface area (Å²) >= 11 is 0. The van der Waals surface area contributed by atoms with Crippen LogP contribution in [0.4, 0.5) is 5.95 Å². The summed E-state index contributed by atoms with van der Waals surface area (Å²) in [5.41, 5.74) is 1.40. The fourth-order valence-electron chi connectivity index (χ4n) is 2.83. The van der Waals surface area contributed by atoms with Crippen molar-refractivity contribution in [1.82, 2.24) is 24.4 Å². The van der Waals surface area contributed by atoms with E-state index in [2.05, 4.69) is 45.9 Å². The van der Waals surface area contributed by atoms with E-state index in [1.54, 1.807) is 12.5 Å². The first-order chi connectivity index (χ1) is 11.3. The smallest absolute Gasteiger partial charge is 0.304 e. The highest BCUT2D eigenvalue weighted by Crippen LogP contribution is 2.21. The van der Waals surface area contributed by atoms with Crippen molar-refractivity contribution in [2.75, 3.05) is 11.9 Å². The zero-order valence-corrected chi connectivity index (χ0v) is 14.6. The van der Waals surface area contributed by atoms with E-state index in [0.717, 1.165) is 30.6 Å². The molecule has 1 N–H and O–H groups in total. The molecule has 3 rings (SSSR count). The third-order valence-electron chi connectivity index (χ3n) is 3.78. The Labute approximate surface area is 141 Å². The Kier molecular flexibility index (Phi) is 4.40. The molecule has 0 saturated carbocycles. The molecule has 0 amide bonds. The number of fused-ring (bicyclic) bond motifs is 1. The molecule has 130 valence electrons. The van der Waals surface area contributed by atoms with E-state index in [9.17, 15) is 4.79 Å². The minimum Gasteiger partial charge on any atom is -0.446 e. The Balaban J connectivity index is 1.81. The Bertz CT molecular complexity index is 736. The highest BCUT2D eigenvalue weighted by atomic mass is 16.6. The SMILES string of the molecule is CC(=O)OC1CCCN1Cn1cnc2cnc(NC(C)(C)C)nc21. The summed E-state index contributed by atoms with van der Waals surface area (Å²) in [6, 6.07) is 0. The maximum atomic E-state index is 11.2. The number of aromatic nitrogens is 4. The van der Waals surface area contributed by atoms with Crippen molar-refractivity contribution < 1.29 is 9.53 Å². The summed E-state index contributed by atoms with van der Waals surface area (Å²) in [6.07, 6.45) is 5.17. The summed E-state index contributed by atoms with van der Waals surface area (Å²) in [4.78, 5) is 26.6. The molecule has 1 unspecified atom stereocenters. The third kappa shape index (κ3) is 3.81. The van der Waals surface area contributed by atoms with Crippen LogP contribution in [0.5, 0.6) is 0 Å². The number of rotatable bonds is 4. The van der Waals surface area contributed by atoms with Gasteiger partial charge in [-0.3, -0.25) is 9.69 Å². The minimum atomic E-state index is -0.249. The number of likely N-dealkylation sites (tertiary alicyclic amines) is 1. The van der Waals surface area contributed by atoms with Crippen molar-refractivity contribution in [2.24, 2.45) is 0 Å². The van der Waals surface area contributed by atoms with Gasteiger partial charge in [-0.15, -0.1) is 0 Å². The topological polar surface area (TPSA) is 85.2 Å². The van der Waals surface area contributed by atoms with E-state index in [1.165, 1.54) is 6.92 Å². The van der Waals surface area contributed by atoms with Crippen molar-refractivity contribution in [2.45, 2.75) is 59.0 Å². The van der Waals surface area contributed by atoms with Crippen molar-refractivity contribution in [3.05, 3.63) is 12.5 Å². The number of hydrogen-bond acceptors (Lipinski definition) is 7. The molecule has 2 aromatic rings. The molecule has 0 aromatic carbocycles. The van der Waals surface area contributed by atoms with Gasteiger partial charge in [0.05, 0.1) is 19.2 Å². The number of anilines is 1. The van der Waals surface area contributed by atoms with Gasteiger partial charge >= 0.3 is 5.97 Å². The highest BCUT2D eigenvalue weighted by molar-refractivity contribution is 5.71. The number of carbonyl (C=O) groups excluding carboxylic acids is 1. The molecule has 0 bridgehead atoms. The average Bonchev–Trinajstić information content (AvgIpc) is 3.05. The Morgan fingerprint density at radius 1 is 1.42 bits per heavy atom. The van der Waals surface area contributed by atoms with Crippen LogP contribution in [-0.2, 0) is 16.2 Å². The van der Waals surface area contributed by atoms with E-state index in [4.69, 9.17) is 4.74 Å². The zero-order chi connectivity index (χ0) is 17.3. The van der Waals surface area contributed by atoms with E-state index < -0.39 is 0 Å². The van der Waals surface area contributed by atoms with Crippen LogP contribution in [0.15, 0.2) is 12.5 Å². The normalized spacial score (nSPS) is 18.9. The molecule has 1 atom stereocenters. The van der Waals surface area contributed by atoms with Gasteiger partial charge < -0.3 is 14.6 Å². The van der Waals surface area contributed by atoms with Gasteiger partial charge in [-0.25, -0.2) is 9.97 Å². The summed E-state index contributed by atoms with van der Waals surface area (Å²) in [7, 11) is 0. The second kappa shape index (κ2) is 6.35. The maximum absolute atomic E-state index is 11.2. The number of nitrogens with one attached hydrogen (secondary N) is 1. The molecular weight excluding hydrogens is 308 g/mol. The molecule has 0 spiro atoms.